The molecule has 0 amide bonds. The molecule has 2 aromatic rings. The maximum atomic E-state index is 12.2. The smallest absolute Gasteiger partial charge is 0.256 e. The van der Waals surface area contributed by atoms with Crippen LogP contribution in [-0.4, -0.2) is 48.2 Å². The molecule has 3 heterocycles. The zero-order chi connectivity index (χ0) is 17.3. The van der Waals surface area contributed by atoms with Gasteiger partial charge >= 0.3 is 0 Å². The standard InChI is InChI=1S/C15H18N4O4S/c1-23-13-3-5-16-7-10(13)8-19-6-4-12-11(9-19)14(20)18-15(17-12)24(2,21)22/h3,5,7H,4,6,8-9H2,1-2H3,(H,17,18,20). The van der Waals surface area contributed by atoms with Gasteiger partial charge in [-0.05, 0) is 6.07 Å². The zero-order valence-electron chi connectivity index (χ0n) is 13.4. The lowest BCUT2D eigenvalue weighted by atomic mass is 10.1. The Morgan fingerprint density at radius 1 is 1.42 bits per heavy atom. The number of pyridine rings is 1. The van der Waals surface area contributed by atoms with Crippen molar-refractivity contribution in [1.82, 2.24) is 19.9 Å². The Balaban J connectivity index is 1.86. The second kappa shape index (κ2) is 6.33. The summed E-state index contributed by atoms with van der Waals surface area (Å²) in [5, 5.41) is -0.270. The fourth-order valence-electron chi connectivity index (χ4n) is 2.74. The number of aromatic amines is 1. The molecule has 0 atom stereocenters. The van der Waals surface area contributed by atoms with Gasteiger partial charge in [0.25, 0.3) is 5.56 Å². The highest BCUT2D eigenvalue weighted by Gasteiger charge is 2.24. The average Bonchev–Trinajstić information content (AvgIpc) is 2.55. The zero-order valence-corrected chi connectivity index (χ0v) is 14.3. The van der Waals surface area contributed by atoms with E-state index in [-0.39, 0.29) is 5.16 Å². The van der Waals surface area contributed by atoms with Crippen molar-refractivity contribution in [2.45, 2.75) is 24.7 Å². The first-order valence-electron chi connectivity index (χ1n) is 7.40. The molecule has 1 aliphatic rings. The van der Waals surface area contributed by atoms with Crippen LogP contribution in [0, 0.1) is 0 Å². The van der Waals surface area contributed by atoms with Crippen LogP contribution in [0.15, 0.2) is 28.4 Å². The molecule has 0 unspecified atom stereocenters. The van der Waals surface area contributed by atoms with Crippen LogP contribution >= 0.6 is 0 Å². The first-order valence-corrected chi connectivity index (χ1v) is 9.29. The number of hydrogen-bond donors (Lipinski definition) is 1. The van der Waals surface area contributed by atoms with Gasteiger partial charge in [0.15, 0.2) is 0 Å². The number of hydrogen-bond acceptors (Lipinski definition) is 7. The van der Waals surface area contributed by atoms with Crippen LogP contribution in [0.2, 0.25) is 0 Å². The van der Waals surface area contributed by atoms with Gasteiger partial charge in [-0.2, -0.15) is 0 Å². The molecule has 0 bridgehead atoms. The van der Waals surface area contributed by atoms with E-state index in [1.807, 2.05) is 0 Å². The average molecular weight is 350 g/mol. The Kier molecular flexibility index (Phi) is 4.37. The highest BCUT2D eigenvalue weighted by atomic mass is 32.2. The molecular weight excluding hydrogens is 332 g/mol. The molecule has 0 aliphatic carbocycles. The van der Waals surface area contributed by atoms with E-state index in [1.165, 1.54) is 0 Å². The fraction of sp³-hybridized carbons (Fsp3) is 0.400. The van der Waals surface area contributed by atoms with Gasteiger partial charge in [-0.25, -0.2) is 13.4 Å². The Labute approximate surface area is 139 Å². The van der Waals surface area contributed by atoms with Crippen molar-refractivity contribution in [3.05, 3.63) is 45.6 Å². The Morgan fingerprint density at radius 3 is 2.92 bits per heavy atom. The summed E-state index contributed by atoms with van der Waals surface area (Å²) in [6, 6.07) is 1.79. The maximum absolute atomic E-state index is 12.2. The molecular formula is C15H18N4O4S. The van der Waals surface area contributed by atoms with Gasteiger partial charge in [-0.1, -0.05) is 0 Å². The third-order valence-corrected chi connectivity index (χ3v) is 4.85. The minimum atomic E-state index is -3.53. The van der Waals surface area contributed by atoms with Crippen molar-refractivity contribution in [3.63, 3.8) is 0 Å². The maximum Gasteiger partial charge on any atom is 0.256 e. The summed E-state index contributed by atoms with van der Waals surface area (Å²) in [4.78, 5) is 24.9. The molecule has 0 spiro atoms. The summed E-state index contributed by atoms with van der Waals surface area (Å²) in [5.74, 6) is 0.746. The number of nitrogens with one attached hydrogen (secondary N) is 1. The van der Waals surface area contributed by atoms with E-state index in [4.69, 9.17) is 4.74 Å². The van der Waals surface area contributed by atoms with Gasteiger partial charge in [0, 0.05) is 50.3 Å². The fourth-order valence-corrected chi connectivity index (χ4v) is 3.30. The largest absolute Gasteiger partial charge is 0.496 e. The number of sulfone groups is 1. The lowest BCUT2D eigenvalue weighted by Crippen LogP contribution is -2.36. The number of aromatic nitrogens is 3. The van der Waals surface area contributed by atoms with E-state index < -0.39 is 15.4 Å². The number of fused-ring (bicyclic) bond motifs is 1. The van der Waals surface area contributed by atoms with Crippen LogP contribution in [0.4, 0.5) is 0 Å². The van der Waals surface area contributed by atoms with Crippen molar-refractivity contribution >= 4 is 9.84 Å². The normalized spacial score (nSPS) is 15.1. The molecule has 0 saturated heterocycles. The van der Waals surface area contributed by atoms with Crippen LogP contribution in [0.3, 0.4) is 0 Å². The number of H-pyrrole nitrogens is 1. The third kappa shape index (κ3) is 3.31. The van der Waals surface area contributed by atoms with E-state index >= 15 is 0 Å². The number of rotatable bonds is 4. The minimum Gasteiger partial charge on any atom is -0.496 e. The predicted molar refractivity (Wildman–Crippen MR) is 86.6 cm³/mol. The summed E-state index contributed by atoms with van der Waals surface area (Å²) in [5.41, 5.74) is 1.59. The lowest BCUT2D eigenvalue weighted by Gasteiger charge is -2.27. The van der Waals surface area contributed by atoms with Gasteiger partial charge < -0.3 is 4.74 Å². The minimum absolute atomic E-state index is 0.270. The SMILES string of the molecule is COc1ccncc1CN1CCc2nc(S(C)(=O)=O)[nH]c(=O)c2C1. The van der Waals surface area contributed by atoms with Crippen molar-refractivity contribution in [3.8, 4) is 5.75 Å². The van der Waals surface area contributed by atoms with Gasteiger partial charge in [0.05, 0.1) is 18.4 Å². The monoisotopic (exact) mass is 350 g/mol. The van der Waals surface area contributed by atoms with E-state index in [9.17, 15) is 13.2 Å². The first-order chi connectivity index (χ1) is 11.4. The number of ether oxygens (including phenoxy) is 1. The van der Waals surface area contributed by atoms with Gasteiger partial charge in [0.1, 0.15) is 5.75 Å². The second-order valence-corrected chi connectivity index (χ2v) is 7.65. The summed E-state index contributed by atoms with van der Waals surface area (Å²) < 4.78 is 28.5. The van der Waals surface area contributed by atoms with E-state index in [2.05, 4.69) is 19.9 Å². The Bertz CT molecular complexity index is 923. The topological polar surface area (TPSA) is 105 Å². The molecule has 1 N–H and O–H groups in total. The van der Waals surface area contributed by atoms with Crippen molar-refractivity contribution in [1.29, 1.82) is 0 Å². The molecule has 0 saturated carbocycles. The molecule has 1 aliphatic heterocycles. The number of methoxy groups -OCH3 is 1. The highest BCUT2D eigenvalue weighted by molar-refractivity contribution is 7.90. The summed E-state index contributed by atoms with van der Waals surface area (Å²) in [6.45, 7) is 1.66. The molecule has 0 fully saturated rings. The third-order valence-electron chi connectivity index (χ3n) is 3.95. The molecule has 2 aromatic heterocycles. The van der Waals surface area contributed by atoms with Crippen LogP contribution in [-0.2, 0) is 29.3 Å². The number of nitrogens with zero attached hydrogens (tertiary/aromatic N) is 3. The summed E-state index contributed by atoms with van der Waals surface area (Å²) in [7, 11) is -1.93. The van der Waals surface area contributed by atoms with Crippen LogP contribution in [0.1, 0.15) is 16.8 Å². The highest BCUT2D eigenvalue weighted by Crippen LogP contribution is 2.21. The van der Waals surface area contributed by atoms with Crippen molar-refractivity contribution in [2.75, 3.05) is 19.9 Å². The summed E-state index contributed by atoms with van der Waals surface area (Å²) in [6.07, 6.45) is 4.95. The molecule has 0 radical (unpaired) electrons. The quantitative estimate of drug-likeness (QED) is 0.782. The van der Waals surface area contributed by atoms with Gasteiger partial charge in [-0.15, -0.1) is 0 Å². The molecule has 3 rings (SSSR count). The second-order valence-electron chi connectivity index (χ2n) is 5.72. The molecule has 24 heavy (non-hydrogen) atoms. The van der Waals surface area contributed by atoms with E-state index in [1.54, 1.807) is 25.6 Å². The molecule has 8 nitrogen and oxygen atoms in total. The Morgan fingerprint density at radius 2 is 2.21 bits per heavy atom. The first kappa shape index (κ1) is 16.6. The van der Waals surface area contributed by atoms with E-state index in [0.29, 0.717) is 37.3 Å². The van der Waals surface area contributed by atoms with Crippen molar-refractivity contribution in [2.24, 2.45) is 0 Å². The molecule has 128 valence electrons. The molecule has 0 aromatic carbocycles. The van der Waals surface area contributed by atoms with Crippen LogP contribution < -0.4 is 10.3 Å². The molecule has 9 heteroatoms. The van der Waals surface area contributed by atoms with E-state index in [0.717, 1.165) is 17.6 Å². The van der Waals surface area contributed by atoms with Crippen LogP contribution in [0.5, 0.6) is 5.75 Å². The van der Waals surface area contributed by atoms with Gasteiger partial charge in [0.2, 0.25) is 15.0 Å². The van der Waals surface area contributed by atoms with Gasteiger partial charge in [-0.3, -0.25) is 19.7 Å². The Hall–Kier alpha value is -2.26. The predicted octanol–water partition coefficient (Wildman–Crippen LogP) is 0.135. The van der Waals surface area contributed by atoms with Crippen molar-refractivity contribution < 1.29 is 13.2 Å². The lowest BCUT2D eigenvalue weighted by molar-refractivity contribution is 0.237. The summed E-state index contributed by atoms with van der Waals surface area (Å²) >= 11 is 0. The van der Waals surface area contributed by atoms with Crippen LogP contribution in [0.25, 0.3) is 0 Å².